The molecular formula is C28H22F2. The second-order valence-electron chi connectivity index (χ2n) is 7.41. The molecule has 0 heterocycles. The van der Waals surface area contributed by atoms with Crippen LogP contribution in [0.5, 0.6) is 0 Å². The fourth-order valence-electron chi connectivity index (χ4n) is 3.47. The highest BCUT2D eigenvalue weighted by Gasteiger charge is 2.06. The smallest absolute Gasteiger partial charge is 0.166 e. The van der Waals surface area contributed by atoms with Gasteiger partial charge in [-0.25, -0.2) is 8.78 Å². The van der Waals surface area contributed by atoms with E-state index >= 15 is 0 Å². The van der Waals surface area contributed by atoms with Crippen molar-refractivity contribution in [1.82, 2.24) is 0 Å². The Hall–Kier alpha value is -3.44. The SMILES string of the molecule is CCc1ccc(CCc2ccc(C#Cc3ccc4c(F)c(F)ccc4c3)cc2)cc1. The molecule has 4 rings (SSSR count). The van der Waals surface area contributed by atoms with Gasteiger partial charge in [0.1, 0.15) is 0 Å². The van der Waals surface area contributed by atoms with Crippen LogP contribution in [-0.2, 0) is 19.3 Å². The molecular weight excluding hydrogens is 374 g/mol. The Morgan fingerprint density at radius 3 is 1.87 bits per heavy atom. The van der Waals surface area contributed by atoms with Crippen molar-refractivity contribution in [3.63, 3.8) is 0 Å². The van der Waals surface area contributed by atoms with Gasteiger partial charge in [0, 0.05) is 16.5 Å². The molecule has 0 radical (unpaired) electrons. The van der Waals surface area contributed by atoms with Crippen LogP contribution in [0, 0.1) is 23.5 Å². The molecule has 0 fully saturated rings. The van der Waals surface area contributed by atoms with Gasteiger partial charge in [0.2, 0.25) is 0 Å². The van der Waals surface area contributed by atoms with E-state index in [9.17, 15) is 8.78 Å². The number of halogens is 2. The van der Waals surface area contributed by atoms with Gasteiger partial charge in [-0.05, 0) is 71.7 Å². The lowest BCUT2D eigenvalue weighted by molar-refractivity contribution is 0.517. The summed E-state index contributed by atoms with van der Waals surface area (Å²) in [4.78, 5) is 0. The minimum absolute atomic E-state index is 0.272. The molecule has 148 valence electrons. The lowest BCUT2D eigenvalue weighted by atomic mass is 10.0. The van der Waals surface area contributed by atoms with Crippen LogP contribution in [0.25, 0.3) is 10.8 Å². The quantitative estimate of drug-likeness (QED) is 0.330. The summed E-state index contributed by atoms with van der Waals surface area (Å²) in [5.74, 6) is 4.61. The molecule has 0 N–H and O–H groups in total. The first-order valence-corrected chi connectivity index (χ1v) is 10.2. The highest BCUT2D eigenvalue weighted by atomic mass is 19.2. The minimum atomic E-state index is -0.834. The van der Waals surface area contributed by atoms with Crippen molar-refractivity contribution in [2.45, 2.75) is 26.2 Å². The Bertz CT molecular complexity index is 1220. The van der Waals surface area contributed by atoms with Gasteiger partial charge < -0.3 is 0 Å². The van der Waals surface area contributed by atoms with E-state index in [0.29, 0.717) is 5.39 Å². The van der Waals surface area contributed by atoms with Crippen LogP contribution in [-0.4, -0.2) is 0 Å². The molecule has 2 heteroatoms. The second-order valence-corrected chi connectivity index (χ2v) is 7.41. The van der Waals surface area contributed by atoms with Gasteiger partial charge in [-0.15, -0.1) is 0 Å². The first-order valence-electron chi connectivity index (χ1n) is 10.2. The topological polar surface area (TPSA) is 0 Å². The van der Waals surface area contributed by atoms with Crippen molar-refractivity contribution in [3.8, 4) is 11.8 Å². The molecule has 0 spiro atoms. The third-order valence-electron chi connectivity index (χ3n) is 5.35. The molecule has 0 aliphatic rings. The highest BCUT2D eigenvalue weighted by molar-refractivity contribution is 5.84. The predicted octanol–water partition coefficient (Wildman–Crippen LogP) is 6.87. The molecule has 0 aliphatic carbocycles. The Balaban J connectivity index is 1.43. The van der Waals surface area contributed by atoms with Gasteiger partial charge in [-0.2, -0.15) is 0 Å². The zero-order chi connectivity index (χ0) is 20.9. The first kappa shape index (κ1) is 19.9. The van der Waals surface area contributed by atoms with Gasteiger partial charge in [0.15, 0.2) is 11.6 Å². The van der Waals surface area contributed by atoms with Crippen LogP contribution in [0.1, 0.15) is 34.7 Å². The Kier molecular flexibility index (Phi) is 5.91. The van der Waals surface area contributed by atoms with Crippen LogP contribution >= 0.6 is 0 Å². The van der Waals surface area contributed by atoms with Gasteiger partial charge in [-0.3, -0.25) is 0 Å². The summed E-state index contributed by atoms with van der Waals surface area (Å²) in [6.45, 7) is 2.17. The van der Waals surface area contributed by atoms with Crippen molar-refractivity contribution in [2.75, 3.05) is 0 Å². The summed E-state index contributed by atoms with van der Waals surface area (Å²) in [5, 5.41) is 0.914. The first-order chi connectivity index (χ1) is 14.6. The lowest BCUT2D eigenvalue weighted by Gasteiger charge is -2.04. The van der Waals surface area contributed by atoms with Crippen LogP contribution in [0.2, 0.25) is 0 Å². The summed E-state index contributed by atoms with van der Waals surface area (Å²) in [6.07, 6.45) is 3.08. The average Bonchev–Trinajstić information content (AvgIpc) is 2.80. The zero-order valence-corrected chi connectivity index (χ0v) is 16.9. The van der Waals surface area contributed by atoms with Crippen molar-refractivity contribution in [3.05, 3.63) is 118 Å². The van der Waals surface area contributed by atoms with Crippen molar-refractivity contribution < 1.29 is 8.78 Å². The lowest BCUT2D eigenvalue weighted by Crippen LogP contribution is -1.92. The maximum Gasteiger partial charge on any atom is 0.166 e. The number of aryl methyl sites for hydroxylation is 3. The standard InChI is InChI=1S/C28H22F2/c1-2-20-3-5-21(6-4-20)7-8-22-9-11-23(12-10-22)13-14-24-15-17-26-25(19-24)16-18-27(29)28(26)30/h3-6,9-12,15-19H,2,7-8H2,1H3. The molecule has 0 aliphatic heterocycles. The molecule has 4 aromatic rings. The van der Waals surface area contributed by atoms with E-state index in [1.165, 1.54) is 16.7 Å². The summed E-state index contributed by atoms with van der Waals surface area (Å²) in [5.41, 5.74) is 5.70. The van der Waals surface area contributed by atoms with Gasteiger partial charge in [0.25, 0.3) is 0 Å². The fraction of sp³-hybridized carbons (Fsp3) is 0.143. The van der Waals surface area contributed by atoms with E-state index in [-0.39, 0.29) is 5.39 Å². The van der Waals surface area contributed by atoms with Crippen molar-refractivity contribution in [1.29, 1.82) is 0 Å². The summed E-state index contributed by atoms with van der Waals surface area (Å²) in [7, 11) is 0. The van der Waals surface area contributed by atoms with Crippen LogP contribution < -0.4 is 0 Å². The van der Waals surface area contributed by atoms with E-state index in [0.717, 1.165) is 36.5 Å². The normalized spacial score (nSPS) is 10.6. The Morgan fingerprint density at radius 2 is 1.20 bits per heavy atom. The fourth-order valence-corrected chi connectivity index (χ4v) is 3.47. The van der Waals surface area contributed by atoms with Crippen LogP contribution in [0.3, 0.4) is 0 Å². The average molecular weight is 396 g/mol. The molecule has 30 heavy (non-hydrogen) atoms. The molecule has 0 saturated carbocycles. The minimum Gasteiger partial charge on any atom is -0.204 e. The van der Waals surface area contributed by atoms with Crippen LogP contribution in [0.4, 0.5) is 8.78 Å². The van der Waals surface area contributed by atoms with Gasteiger partial charge >= 0.3 is 0 Å². The number of benzene rings is 4. The number of fused-ring (bicyclic) bond motifs is 1. The summed E-state index contributed by atoms with van der Waals surface area (Å²) in [6, 6.07) is 24.9. The van der Waals surface area contributed by atoms with E-state index < -0.39 is 11.6 Å². The van der Waals surface area contributed by atoms with Crippen molar-refractivity contribution in [2.24, 2.45) is 0 Å². The number of hydrogen-bond acceptors (Lipinski definition) is 0. The number of rotatable bonds is 4. The zero-order valence-electron chi connectivity index (χ0n) is 16.9. The van der Waals surface area contributed by atoms with Gasteiger partial charge in [-0.1, -0.05) is 67.3 Å². The largest absolute Gasteiger partial charge is 0.204 e. The highest BCUT2D eigenvalue weighted by Crippen LogP contribution is 2.21. The Morgan fingerprint density at radius 1 is 0.633 bits per heavy atom. The maximum absolute atomic E-state index is 13.8. The maximum atomic E-state index is 13.8. The Labute approximate surface area is 176 Å². The molecule has 0 atom stereocenters. The van der Waals surface area contributed by atoms with E-state index in [2.05, 4.69) is 55.2 Å². The molecule has 0 unspecified atom stereocenters. The third-order valence-corrected chi connectivity index (χ3v) is 5.35. The molecule has 0 aromatic heterocycles. The van der Waals surface area contributed by atoms with E-state index in [1.807, 2.05) is 12.1 Å². The number of hydrogen-bond donors (Lipinski definition) is 0. The molecule has 0 nitrogen and oxygen atoms in total. The summed E-state index contributed by atoms with van der Waals surface area (Å²) < 4.78 is 27.1. The molecule has 0 bridgehead atoms. The third kappa shape index (κ3) is 4.58. The van der Waals surface area contributed by atoms with Crippen molar-refractivity contribution >= 4 is 10.8 Å². The van der Waals surface area contributed by atoms with Gasteiger partial charge in [0.05, 0.1) is 0 Å². The molecule has 0 amide bonds. The van der Waals surface area contributed by atoms with Crippen LogP contribution in [0.15, 0.2) is 78.9 Å². The molecule has 4 aromatic carbocycles. The molecule has 0 saturated heterocycles. The van der Waals surface area contributed by atoms with E-state index in [4.69, 9.17) is 0 Å². The predicted molar refractivity (Wildman–Crippen MR) is 120 cm³/mol. The van der Waals surface area contributed by atoms with E-state index in [1.54, 1.807) is 24.3 Å². The summed E-state index contributed by atoms with van der Waals surface area (Å²) >= 11 is 0. The second kappa shape index (κ2) is 8.93. The monoisotopic (exact) mass is 396 g/mol.